The molecular weight excluding hydrogens is 262 g/mol. The van der Waals surface area contributed by atoms with Gasteiger partial charge in [0, 0.05) is 19.7 Å². The number of ether oxygens (including phenoxy) is 1. The second-order valence-corrected chi connectivity index (χ2v) is 4.30. The number of rotatable bonds is 7. The molecule has 110 valence electrons. The Morgan fingerprint density at radius 1 is 1.50 bits per heavy atom. The van der Waals surface area contributed by atoms with Crippen molar-refractivity contribution in [3.05, 3.63) is 33.9 Å². The summed E-state index contributed by atoms with van der Waals surface area (Å²) < 4.78 is 5.03. The molecule has 0 aliphatic rings. The Kier molecular flexibility index (Phi) is 5.92. The third kappa shape index (κ3) is 3.67. The van der Waals surface area contributed by atoms with Crippen molar-refractivity contribution in [2.75, 3.05) is 34.3 Å². The van der Waals surface area contributed by atoms with Gasteiger partial charge >= 0.3 is 5.69 Å². The molecule has 20 heavy (non-hydrogen) atoms. The standard InChI is InChI=1S/C13H19N3O4/c1-14-8-5-9-15(2)13(17)10-6-4-7-11(16(18)19)12(10)20-3/h4,6-7,14H,5,8-9H2,1-3H3. The molecule has 0 saturated carbocycles. The average molecular weight is 281 g/mol. The van der Waals surface area contributed by atoms with Gasteiger partial charge in [-0.3, -0.25) is 14.9 Å². The van der Waals surface area contributed by atoms with Gasteiger partial charge in [-0.05, 0) is 26.1 Å². The number of carbonyl (C=O) groups excluding carboxylic acids is 1. The minimum Gasteiger partial charge on any atom is -0.490 e. The van der Waals surface area contributed by atoms with Crippen molar-refractivity contribution in [1.82, 2.24) is 10.2 Å². The molecule has 0 spiro atoms. The lowest BCUT2D eigenvalue weighted by Gasteiger charge is -2.18. The van der Waals surface area contributed by atoms with Crippen LogP contribution < -0.4 is 10.1 Å². The van der Waals surface area contributed by atoms with Crippen molar-refractivity contribution >= 4 is 11.6 Å². The van der Waals surface area contributed by atoms with E-state index in [4.69, 9.17) is 4.74 Å². The SMILES string of the molecule is CNCCCN(C)C(=O)c1cccc([N+](=O)[O-])c1OC. The third-order valence-electron chi connectivity index (χ3n) is 2.89. The van der Waals surface area contributed by atoms with Gasteiger partial charge < -0.3 is 15.0 Å². The lowest BCUT2D eigenvalue weighted by Crippen LogP contribution is -2.29. The van der Waals surface area contributed by atoms with Crippen LogP contribution in [-0.2, 0) is 0 Å². The summed E-state index contributed by atoms with van der Waals surface area (Å²) in [4.78, 5) is 24.2. The quantitative estimate of drug-likeness (QED) is 0.462. The molecule has 0 aliphatic heterocycles. The number of benzene rings is 1. The highest BCUT2D eigenvalue weighted by atomic mass is 16.6. The summed E-state index contributed by atoms with van der Waals surface area (Å²) in [6, 6.07) is 4.33. The molecule has 1 rings (SSSR count). The molecular formula is C13H19N3O4. The summed E-state index contributed by atoms with van der Waals surface area (Å²) in [6.45, 7) is 1.36. The van der Waals surface area contributed by atoms with Crippen LogP contribution in [0.15, 0.2) is 18.2 Å². The van der Waals surface area contributed by atoms with E-state index in [0.29, 0.717) is 6.54 Å². The number of carbonyl (C=O) groups is 1. The zero-order chi connectivity index (χ0) is 15.1. The van der Waals surface area contributed by atoms with Gasteiger partial charge in [-0.1, -0.05) is 6.07 Å². The summed E-state index contributed by atoms with van der Waals surface area (Å²) in [5.41, 5.74) is -0.00404. The number of nitro groups is 1. The van der Waals surface area contributed by atoms with Crippen LogP contribution in [0.4, 0.5) is 5.69 Å². The number of para-hydroxylation sites is 1. The monoisotopic (exact) mass is 281 g/mol. The second kappa shape index (κ2) is 7.44. The van der Waals surface area contributed by atoms with Crippen LogP contribution in [0.5, 0.6) is 5.75 Å². The van der Waals surface area contributed by atoms with E-state index in [1.807, 2.05) is 7.05 Å². The van der Waals surface area contributed by atoms with E-state index in [2.05, 4.69) is 5.32 Å². The zero-order valence-electron chi connectivity index (χ0n) is 11.9. The topological polar surface area (TPSA) is 84.7 Å². The molecule has 7 nitrogen and oxygen atoms in total. The Balaban J connectivity index is 2.97. The smallest absolute Gasteiger partial charge is 0.311 e. The minimum absolute atomic E-state index is 0.00275. The van der Waals surface area contributed by atoms with Crippen molar-refractivity contribution in [2.45, 2.75) is 6.42 Å². The molecule has 0 bridgehead atoms. The molecule has 0 fully saturated rings. The number of methoxy groups -OCH3 is 1. The molecule has 0 atom stereocenters. The second-order valence-electron chi connectivity index (χ2n) is 4.30. The molecule has 7 heteroatoms. The molecule has 0 unspecified atom stereocenters. The maximum atomic E-state index is 12.3. The van der Waals surface area contributed by atoms with E-state index < -0.39 is 4.92 Å². The lowest BCUT2D eigenvalue weighted by atomic mass is 10.1. The van der Waals surface area contributed by atoms with Gasteiger partial charge in [-0.15, -0.1) is 0 Å². The maximum Gasteiger partial charge on any atom is 0.311 e. The van der Waals surface area contributed by atoms with Gasteiger partial charge in [0.25, 0.3) is 5.91 Å². The number of amides is 1. The molecule has 0 heterocycles. The van der Waals surface area contributed by atoms with Crippen LogP contribution in [-0.4, -0.2) is 50.0 Å². The maximum absolute atomic E-state index is 12.3. The minimum atomic E-state index is -0.559. The average Bonchev–Trinajstić information content (AvgIpc) is 2.45. The van der Waals surface area contributed by atoms with Crippen molar-refractivity contribution in [3.63, 3.8) is 0 Å². The highest BCUT2D eigenvalue weighted by Gasteiger charge is 2.24. The fraction of sp³-hybridized carbons (Fsp3) is 0.462. The predicted octanol–water partition coefficient (Wildman–Crippen LogP) is 1.28. The molecule has 0 saturated heterocycles. The molecule has 1 aromatic carbocycles. The van der Waals surface area contributed by atoms with Gasteiger partial charge in [0.2, 0.25) is 5.75 Å². The molecule has 0 radical (unpaired) electrons. The number of nitrogens with zero attached hydrogens (tertiary/aromatic N) is 2. The van der Waals surface area contributed by atoms with Crippen LogP contribution in [0.25, 0.3) is 0 Å². The first kappa shape index (κ1) is 15.9. The highest BCUT2D eigenvalue weighted by molar-refractivity contribution is 5.98. The van der Waals surface area contributed by atoms with E-state index in [-0.39, 0.29) is 22.9 Å². The molecule has 1 N–H and O–H groups in total. The van der Waals surface area contributed by atoms with Crippen LogP contribution in [0, 0.1) is 10.1 Å². The predicted molar refractivity (Wildman–Crippen MR) is 75.2 cm³/mol. The summed E-state index contributed by atoms with van der Waals surface area (Å²) >= 11 is 0. The Morgan fingerprint density at radius 3 is 2.75 bits per heavy atom. The Labute approximate surface area is 117 Å². The van der Waals surface area contributed by atoms with E-state index in [1.165, 1.54) is 30.2 Å². The number of nitrogens with one attached hydrogen (secondary N) is 1. The fourth-order valence-corrected chi connectivity index (χ4v) is 1.85. The van der Waals surface area contributed by atoms with Crippen molar-refractivity contribution in [2.24, 2.45) is 0 Å². The van der Waals surface area contributed by atoms with Crippen LogP contribution in [0.2, 0.25) is 0 Å². The van der Waals surface area contributed by atoms with Crippen LogP contribution in [0.1, 0.15) is 16.8 Å². The first-order chi connectivity index (χ1) is 9.52. The number of hydrogen-bond donors (Lipinski definition) is 1. The molecule has 1 amide bonds. The van der Waals surface area contributed by atoms with Gasteiger partial charge in [0.05, 0.1) is 17.6 Å². The number of nitro benzene ring substituents is 1. The van der Waals surface area contributed by atoms with Crippen molar-refractivity contribution in [3.8, 4) is 5.75 Å². The lowest BCUT2D eigenvalue weighted by molar-refractivity contribution is -0.385. The van der Waals surface area contributed by atoms with Gasteiger partial charge in [-0.25, -0.2) is 0 Å². The highest BCUT2D eigenvalue weighted by Crippen LogP contribution is 2.31. The molecule has 0 aromatic heterocycles. The summed E-state index contributed by atoms with van der Waals surface area (Å²) in [7, 11) is 4.82. The number of hydrogen-bond acceptors (Lipinski definition) is 5. The molecule has 1 aromatic rings. The summed E-state index contributed by atoms with van der Waals surface area (Å²) in [6.07, 6.45) is 0.802. The van der Waals surface area contributed by atoms with Crippen molar-refractivity contribution in [1.29, 1.82) is 0 Å². The van der Waals surface area contributed by atoms with Crippen LogP contribution in [0.3, 0.4) is 0 Å². The van der Waals surface area contributed by atoms with E-state index in [0.717, 1.165) is 13.0 Å². The Bertz CT molecular complexity index is 491. The van der Waals surface area contributed by atoms with Gasteiger partial charge in [-0.2, -0.15) is 0 Å². The Morgan fingerprint density at radius 2 is 2.20 bits per heavy atom. The Hall–Kier alpha value is -2.15. The largest absolute Gasteiger partial charge is 0.490 e. The first-order valence-electron chi connectivity index (χ1n) is 6.24. The summed E-state index contributed by atoms with van der Waals surface area (Å²) in [5, 5.41) is 13.9. The zero-order valence-corrected chi connectivity index (χ0v) is 11.9. The van der Waals surface area contributed by atoms with Crippen molar-refractivity contribution < 1.29 is 14.5 Å². The summed E-state index contributed by atoms with van der Waals surface area (Å²) in [5.74, 6) is -0.287. The first-order valence-corrected chi connectivity index (χ1v) is 6.24. The van der Waals surface area contributed by atoms with E-state index in [9.17, 15) is 14.9 Å². The van der Waals surface area contributed by atoms with E-state index >= 15 is 0 Å². The fourth-order valence-electron chi connectivity index (χ4n) is 1.85. The van der Waals surface area contributed by atoms with Gasteiger partial charge in [0.1, 0.15) is 0 Å². The molecule has 0 aliphatic carbocycles. The van der Waals surface area contributed by atoms with Gasteiger partial charge in [0.15, 0.2) is 0 Å². The van der Waals surface area contributed by atoms with Crippen LogP contribution >= 0.6 is 0 Å². The van der Waals surface area contributed by atoms with E-state index in [1.54, 1.807) is 7.05 Å². The third-order valence-corrected chi connectivity index (χ3v) is 2.89. The normalized spacial score (nSPS) is 10.2.